The SMILES string of the molecule is O=S1(=O)c2ccccc2-c2c1ccc1c2S(=O)(=O)c2ccccc2-1. The van der Waals surface area contributed by atoms with Crippen LogP contribution in [0, 0.1) is 0 Å². The molecule has 0 amide bonds. The zero-order chi connectivity index (χ0) is 16.7. The molecule has 0 fully saturated rings. The minimum atomic E-state index is -3.75. The summed E-state index contributed by atoms with van der Waals surface area (Å²) in [5.74, 6) is 0. The Morgan fingerprint density at radius 3 is 1.79 bits per heavy atom. The molecule has 2 aliphatic heterocycles. The Hall–Kier alpha value is -2.44. The fraction of sp³-hybridized carbons (Fsp3) is 0. The highest BCUT2D eigenvalue weighted by molar-refractivity contribution is 7.93. The summed E-state index contributed by atoms with van der Waals surface area (Å²) >= 11 is 0. The average molecular weight is 354 g/mol. The maximum absolute atomic E-state index is 13.1. The van der Waals surface area contributed by atoms with Gasteiger partial charge in [-0.1, -0.05) is 42.5 Å². The summed E-state index contributed by atoms with van der Waals surface area (Å²) in [6, 6.07) is 16.4. The minimum absolute atomic E-state index is 0.0684. The van der Waals surface area contributed by atoms with Gasteiger partial charge in [-0.2, -0.15) is 0 Å². The molecule has 0 bridgehead atoms. The van der Waals surface area contributed by atoms with Crippen LogP contribution in [-0.2, 0) is 19.7 Å². The molecule has 0 N–H and O–H groups in total. The summed E-state index contributed by atoms with van der Waals surface area (Å²) in [6.07, 6.45) is 0. The molecular formula is C18H10O4S2. The van der Waals surface area contributed by atoms with Crippen LogP contribution in [0.3, 0.4) is 0 Å². The Bertz CT molecular complexity index is 1270. The number of rotatable bonds is 0. The molecule has 118 valence electrons. The lowest BCUT2D eigenvalue weighted by Crippen LogP contribution is -2.00. The van der Waals surface area contributed by atoms with Gasteiger partial charge in [-0.3, -0.25) is 0 Å². The molecule has 24 heavy (non-hydrogen) atoms. The van der Waals surface area contributed by atoms with Crippen LogP contribution in [0.5, 0.6) is 0 Å². The van der Waals surface area contributed by atoms with Gasteiger partial charge in [-0.05, 0) is 18.2 Å². The highest BCUT2D eigenvalue weighted by atomic mass is 32.2. The molecule has 3 aromatic rings. The zero-order valence-corrected chi connectivity index (χ0v) is 13.9. The predicted octanol–water partition coefficient (Wildman–Crippen LogP) is 3.31. The van der Waals surface area contributed by atoms with Crippen LogP contribution in [0.2, 0.25) is 0 Å². The molecule has 5 rings (SSSR count). The second-order valence-electron chi connectivity index (χ2n) is 5.81. The first-order valence-electron chi connectivity index (χ1n) is 7.30. The Balaban J connectivity index is 2.03. The quantitative estimate of drug-likeness (QED) is 0.428. The van der Waals surface area contributed by atoms with E-state index in [0.29, 0.717) is 22.3 Å². The normalized spacial score (nSPS) is 17.7. The second-order valence-corrected chi connectivity index (χ2v) is 9.56. The molecule has 0 aromatic heterocycles. The van der Waals surface area contributed by atoms with Crippen molar-refractivity contribution < 1.29 is 16.8 Å². The van der Waals surface area contributed by atoms with Gasteiger partial charge >= 0.3 is 0 Å². The highest BCUT2D eigenvalue weighted by Gasteiger charge is 2.42. The molecule has 0 radical (unpaired) electrons. The molecule has 0 unspecified atom stereocenters. The van der Waals surface area contributed by atoms with Crippen molar-refractivity contribution in [3.63, 3.8) is 0 Å². The van der Waals surface area contributed by atoms with Gasteiger partial charge in [0.1, 0.15) is 0 Å². The molecular weight excluding hydrogens is 344 g/mol. The topological polar surface area (TPSA) is 68.3 Å². The summed E-state index contributed by atoms with van der Waals surface area (Å²) in [5.41, 5.74) is 1.95. The first kappa shape index (κ1) is 13.9. The second kappa shape index (κ2) is 4.15. The molecule has 0 aliphatic carbocycles. The van der Waals surface area contributed by atoms with Crippen LogP contribution in [0.1, 0.15) is 0 Å². The fourth-order valence-corrected chi connectivity index (χ4v) is 7.24. The Kier molecular flexibility index (Phi) is 2.41. The number of sulfone groups is 2. The third kappa shape index (κ3) is 1.43. The number of hydrogen-bond acceptors (Lipinski definition) is 4. The summed E-state index contributed by atoms with van der Waals surface area (Å²) in [6.45, 7) is 0. The lowest BCUT2D eigenvalue weighted by molar-refractivity contribution is 0.598. The van der Waals surface area contributed by atoms with E-state index in [2.05, 4.69) is 0 Å². The first-order valence-corrected chi connectivity index (χ1v) is 10.3. The third-order valence-electron chi connectivity index (χ3n) is 4.59. The number of fused-ring (bicyclic) bond motifs is 7. The standard InChI is InChI=1S/C18H10O4S2/c19-23(20)15-8-4-2-6-13(15)17-16(23)10-9-12-11-5-1-3-7-14(11)24(21,22)18(12)17/h1-10H. The molecule has 2 aliphatic rings. The maximum atomic E-state index is 13.1. The van der Waals surface area contributed by atoms with Crippen LogP contribution in [-0.4, -0.2) is 16.8 Å². The van der Waals surface area contributed by atoms with E-state index in [1.165, 1.54) is 12.1 Å². The van der Waals surface area contributed by atoms with Crippen LogP contribution in [0.4, 0.5) is 0 Å². The van der Waals surface area contributed by atoms with Crippen molar-refractivity contribution in [1.29, 1.82) is 0 Å². The van der Waals surface area contributed by atoms with Gasteiger partial charge < -0.3 is 0 Å². The number of hydrogen-bond donors (Lipinski definition) is 0. The van der Waals surface area contributed by atoms with E-state index < -0.39 is 19.7 Å². The summed E-state index contributed by atoms with van der Waals surface area (Å²) in [4.78, 5) is 0.572. The average Bonchev–Trinajstić information content (AvgIpc) is 2.96. The molecule has 0 atom stereocenters. The molecule has 3 aromatic carbocycles. The van der Waals surface area contributed by atoms with Gasteiger partial charge in [0.25, 0.3) is 0 Å². The third-order valence-corrected chi connectivity index (χ3v) is 8.34. The zero-order valence-electron chi connectivity index (χ0n) is 12.2. The van der Waals surface area contributed by atoms with Crippen molar-refractivity contribution in [1.82, 2.24) is 0 Å². The molecule has 6 heteroatoms. The van der Waals surface area contributed by atoms with Gasteiger partial charge in [0, 0.05) is 22.3 Å². The highest BCUT2D eigenvalue weighted by Crippen LogP contribution is 2.53. The molecule has 0 saturated carbocycles. The Morgan fingerprint density at radius 1 is 0.500 bits per heavy atom. The van der Waals surface area contributed by atoms with Crippen molar-refractivity contribution in [2.24, 2.45) is 0 Å². The van der Waals surface area contributed by atoms with Gasteiger partial charge in [0.15, 0.2) is 0 Å². The first-order chi connectivity index (χ1) is 11.4. The van der Waals surface area contributed by atoms with Crippen LogP contribution < -0.4 is 0 Å². The molecule has 2 heterocycles. The number of benzene rings is 3. The van der Waals surface area contributed by atoms with Crippen molar-refractivity contribution in [2.75, 3.05) is 0 Å². The van der Waals surface area contributed by atoms with Crippen molar-refractivity contribution in [3.05, 3.63) is 60.7 Å². The minimum Gasteiger partial charge on any atom is -0.218 e. The van der Waals surface area contributed by atoms with Gasteiger partial charge in [0.05, 0.1) is 19.6 Å². The smallest absolute Gasteiger partial charge is 0.208 e. The molecule has 0 spiro atoms. The van der Waals surface area contributed by atoms with Gasteiger partial charge in [-0.25, -0.2) is 16.8 Å². The van der Waals surface area contributed by atoms with Crippen molar-refractivity contribution >= 4 is 19.7 Å². The van der Waals surface area contributed by atoms with E-state index in [1.54, 1.807) is 48.5 Å². The Morgan fingerprint density at radius 2 is 1.08 bits per heavy atom. The van der Waals surface area contributed by atoms with Crippen LogP contribution >= 0.6 is 0 Å². The van der Waals surface area contributed by atoms with Gasteiger partial charge in [-0.15, -0.1) is 0 Å². The van der Waals surface area contributed by atoms with Crippen LogP contribution in [0.25, 0.3) is 22.3 Å². The lowest BCUT2D eigenvalue weighted by Gasteiger charge is -2.06. The predicted molar refractivity (Wildman–Crippen MR) is 88.2 cm³/mol. The lowest BCUT2D eigenvalue weighted by atomic mass is 9.99. The molecule has 4 nitrogen and oxygen atoms in total. The fourth-order valence-electron chi connectivity index (χ4n) is 3.59. The Labute approximate surface area is 139 Å². The van der Waals surface area contributed by atoms with E-state index in [0.717, 1.165) is 0 Å². The monoisotopic (exact) mass is 354 g/mol. The van der Waals surface area contributed by atoms with E-state index in [-0.39, 0.29) is 19.6 Å². The summed E-state index contributed by atoms with van der Waals surface area (Å²) in [5, 5.41) is 0. The summed E-state index contributed by atoms with van der Waals surface area (Å²) < 4.78 is 51.7. The van der Waals surface area contributed by atoms with Crippen LogP contribution in [0.15, 0.2) is 80.2 Å². The molecule has 0 saturated heterocycles. The maximum Gasteiger partial charge on any atom is 0.208 e. The largest absolute Gasteiger partial charge is 0.218 e. The van der Waals surface area contributed by atoms with E-state index in [4.69, 9.17) is 0 Å². The van der Waals surface area contributed by atoms with E-state index in [1.807, 2.05) is 0 Å². The van der Waals surface area contributed by atoms with Crippen molar-refractivity contribution in [3.8, 4) is 22.3 Å². The van der Waals surface area contributed by atoms with E-state index >= 15 is 0 Å². The van der Waals surface area contributed by atoms with Gasteiger partial charge in [0.2, 0.25) is 19.7 Å². The van der Waals surface area contributed by atoms with E-state index in [9.17, 15) is 16.8 Å². The summed E-state index contributed by atoms with van der Waals surface area (Å²) in [7, 11) is -7.44. The van der Waals surface area contributed by atoms with Crippen molar-refractivity contribution in [2.45, 2.75) is 19.6 Å².